The summed E-state index contributed by atoms with van der Waals surface area (Å²) in [6.07, 6.45) is 1.13. The van der Waals surface area contributed by atoms with Gasteiger partial charge in [-0.2, -0.15) is 0 Å². The van der Waals surface area contributed by atoms with Crippen molar-refractivity contribution in [3.8, 4) is 5.75 Å². The quantitative estimate of drug-likeness (QED) is 0.568. The Balaban J connectivity index is 1.89. The van der Waals surface area contributed by atoms with Gasteiger partial charge in [-0.05, 0) is 56.1 Å². The molecule has 1 amide bonds. The summed E-state index contributed by atoms with van der Waals surface area (Å²) in [7, 11) is 0. The number of rotatable bonds is 9. The van der Waals surface area contributed by atoms with Gasteiger partial charge >= 0.3 is 0 Å². The summed E-state index contributed by atoms with van der Waals surface area (Å²) in [6, 6.07) is 13.5. The van der Waals surface area contributed by atoms with Crippen molar-refractivity contribution in [2.45, 2.75) is 33.7 Å². The van der Waals surface area contributed by atoms with E-state index in [2.05, 4.69) is 40.4 Å². The Labute approximate surface area is 164 Å². The third-order valence-corrected chi connectivity index (χ3v) is 4.42. The number of hydrogen-bond acceptors (Lipinski definition) is 3. The fourth-order valence-electron chi connectivity index (χ4n) is 2.42. The van der Waals surface area contributed by atoms with Gasteiger partial charge in [0.1, 0.15) is 5.75 Å². The number of carbonyl (C=O) groups is 1. The Morgan fingerprint density at radius 1 is 1.15 bits per heavy atom. The maximum atomic E-state index is 12.1. The fourth-order valence-corrected chi connectivity index (χ4v) is 2.83. The molecule has 0 atom stereocenters. The minimum atomic E-state index is -0.171. The Kier molecular flexibility index (Phi) is 8.13. The summed E-state index contributed by atoms with van der Waals surface area (Å²) in [6.45, 7) is 8.08. The van der Waals surface area contributed by atoms with Crippen molar-refractivity contribution in [3.05, 3.63) is 58.1 Å². The standard InChI is InChI=1S/C21H27BrN2O2/c1-15(2)10-11-23-13-17-12-18(22)6-9-20(17)26-14-21(25)24-19-7-4-16(3)5-8-19/h4-9,12,15,23H,10-11,13-14H2,1-3H3,(H,24,25). The third kappa shape index (κ3) is 7.18. The average Bonchev–Trinajstić information content (AvgIpc) is 2.60. The second-order valence-corrected chi connectivity index (χ2v) is 7.73. The maximum Gasteiger partial charge on any atom is 0.262 e. The normalized spacial score (nSPS) is 10.8. The molecule has 2 rings (SSSR count). The Morgan fingerprint density at radius 2 is 1.88 bits per heavy atom. The topological polar surface area (TPSA) is 50.4 Å². The van der Waals surface area contributed by atoms with E-state index >= 15 is 0 Å². The predicted molar refractivity (Wildman–Crippen MR) is 111 cm³/mol. The first-order valence-corrected chi connectivity index (χ1v) is 9.72. The number of halogens is 1. The molecule has 0 bridgehead atoms. The summed E-state index contributed by atoms with van der Waals surface area (Å²) in [4.78, 5) is 12.1. The third-order valence-electron chi connectivity index (χ3n) is 3.93. The molecule has 2 N–H and O–H groups in total. The Hall–Kier alpha value is -1.85. The molecule has 2 aromatic carbocycles. The van der Waals surface area contributed by atoms with E-state index in [9.17, 15) is 4.79 Å². The monoisotopic (exact) mass is 418 g/mol. The summed E-state index contributed by atoms with van der Waals surface area (Å²) in [5.74, 6) is 1.23. The van der Waals surface area contributed by atoms with Gasteiger partial charge in [-0.15, -0.1) is 0 Å². The van der Waals surface area contributed by atoms with Gasteiger partial charge in [0.25, 0.3) is 5.91 Å². The average molecular weight is 419 g/mol. The molecule has 0 fully saturated rings. The minimum Gasteiger partial charge on any atom is -0.483 e. The van der Waals surface area contributed by atoms with Crippen LogP contribution in [0.4, 0.5) is 5.69 Å². The first-order valence-electron chi connectivity index (χ1n) is 8.92. The molecule has 0 saturated heterocycles. The van der Waals surface area contributed by atoms with Crippen LogP contribution in [0.15, 0.2) is 46.9 Å². The Morgan fingerprint density at radius 3 is 2.58 bits per heavy atom. The van der Waals surface area contributed by atoms with Crippen LogP contribution in [-0.2, 0) is 11.3 Å². The minimum absolute atomic E-state index is 0.0193. The Bertz CT molecular complexity index is 714. The first-order chi connectivity index (χ1) is 12.4. The second-order valence-electron chi connectivity index (χ2n) is 6.81. The van der Waals surface area contributed by atoms with Gasteiger partial charge in [0, 0.05) is 22.3 Å². The smallest absolute Gasteiger partial charge is 0.262 e. The summed E-state index contributed by atoms with van der Waals surface area (Å²) in [5, 5.41) is 6.28. The SMILES string of the molecule is Cc1ccc(NC(=O)COc2ccc(Br)cc2CNCCC(C)C)cc1. The van der Waals surface area contributed by atoms with Gasteiger partial charge < -0.3 is 15.4 Å². The lowest BCUT2D eigenvalue weighted by Crippen LogP contribution is -2.21. The van der Waals surface area contributed by atoms with Crippen LogP contribution in [0.3, 0.4) is 0 Å². The van der Waals surface area contributed by atoms with Crippen molar-refractivity contribution in [2.75, 3.05) is 18.5 Å². The van der Waals surface area contributed by atoms with Crippen molar-refractivity contribution in [3.63, 3.8) is 0 Å². The highest BCUT2D eigenvalue weighted by molar-refractivity contribution is 9.10. The van der Waals surface area contributed by atoms with Gasteiger partial charge in [-0.3, -0.25) is 4.79 Å². The number of carbonyl (C=O) groups excluding carboxylic acids is 1. The van der Waals surface area contributed by atoms with Crippen molar-refractivity contribution < 1.29 is 9.53 Å². The summed E-state index contributed by atoms with van der Waals surface area (Å²) >= 11 is 3.50. The molecule has 0 aliphatic carbocycles. The van der Waals surface area contributed by atoms with Crippen molar-refractivity contribution in [1.29, 1.82) is 0 Å². The zero-order valence-corrected chi connectivity index (χ0v) is 17.2. The number of benzene rings is 2. The molecule has 0 spiro atoms. The van der Waals surface area contributed by atoms with Gasteiger partial charge in [0.05, 0.1) is 0 Å². The van der Waals surface area contributed by atoms with E-state index in [0.29, 0.717) is 12.5 Å². The molecule has 0 aliphatic heterocycles. The number of nitrogens with one attached hydrogen (secondary N) is 2. The lowest BCUT2D eigenvalue weighted by molar-refractivity contribution is -0.118. The van der Waals surface area contributed by atoms with Crippen LogP contribution in [0.1, 0.15) is 31.4 Å². The zero-order valence-electron chi connectivity index (χ0n) is 15.6. The first kappa shape index (κ1) is 20.5. The summed E-state index contributed by atoms with van der Waals surface area (Å²) in [5.41, 5.74) is 2.96. The molecule has 0 saturated carbocycles. The van der Waals surface area contributed by atoms with E-state index in [0.717, 1.165) is 40.0 Å². The highest BCUT2D eigenvalue weighted by Gasteiger charge is 2.08. The molecule has 0 aliphatic rings. The molecule has 0 radical (unpaired) electrons. The van der Waals surface area contributed by atoms with E-state index in [-0.39, 0.29) is 12.5 Å². The number of ether oxygens (including phenoxy) is 1. The molecule has 2 aromatic rings. The molecular formula is C21H27BrN2O2. The van der Waals surface area contributed by atoms with Crippen LogP contribution < -0.4 is 15.4 Å². The zero-order chi connectivity index (χ0) is 18.9. The lowest BCUT2D eigenvalue weighted by Gasteiger charge is -2.13. The molecule has 0 aromatic heterocycles. The summed E-state index contributed by atoms with van der Waals surface area (Å²) < 4.78 is 6.75. The largest absolute Gasteiger partial charge is 0.483 e. The molecule has 0 unspecified atom stereocenters. The number of hydrogen-bond donors (Lipinski definition) is 2. The van der Waals surface area contributed by atoms with E-state index in [1.54, 1.807) is 0 Å². The lowest BCUT2D eigenvalue weighted by atomic mass is 10.1. The number of aryl methyl sites for hydroxylation is 1. The van der Waals surface area contributed by atoms with Gasteiger partial charge in [0.15, 0.2) is 6.61 Å². The van der Waals surface area contributed by atoms with Crippen LogP contribution in [0.2, 0.25) is 0 Å². The van der Waals surface area contributed by atoms with Crippen LogP contribution >= 0.6 is 15.9 Å². The fraction of sp³-hybridized carbons (Fsp3) is 0.381. The van der Waals surface area contributed by atoms with Crippen LogP contribution in [0.5, 0.6) is 5.75 Å². The van der Waals surface area contributed by atoms with Crippen molar-refractivity contribution >= 4 is 27.5 Å². The van der Waals surface area contributed by atoms with Gasteiger partial charge in [-0.25, -0.2) is 0 Å². The second kappa shape index (κ2) is 10.3. The van der Waals surface area contributed by atoms with Gasteiger partial charge in [0.2, 0.25) is 0 Å². The van der Waals surface area contributed by atoms with Crippen LogP contribution in [0.25, 0.3) is 0 Å². The van der Waals surface area contributed by atoms with Gasteiger partial charge in [-0.1, -0.05) is 47.5 Å². The number of anilines is 1. The highest BCUT2D eigenvalue weighted by Crippen LogP contribution is 2.23. The van der Waals surface area contributed by atoms with Crippen LogP contribution in [-0.4, -0.2) is 19.1 Å². The molecule has 26 heavy (non-hydrogen) atoms. The molecule has 4 nitrogen and oxygen atoms in total. The van der Waals surface area contributed by atoms with E-state index in [1.165, 1.54) is 0 Å². The molecule has 140 valence electrons. The number of amides is 1. The highest BCUT2D eigenvalue weighted by atomic mass is 79.9. The van der Waals surface area contributed by atoms with Crippen LogP contribution in [0, 0.1) is 12.8 Å². The molecule has 5 heteroatoms. The van der Waals surface area contributed by atoms with E-state index in [1.807, 2.05) is 49.4 Å². The molecule has 0 heterocycles. The van der Waals surface area contributed by atoms with E-state index < -0.39 is 0 Å². The van der Waals surface area contributed by atoms with Crippen molar-refractivity contribution in [1.82, 2.24) is 5.32 Å². The maximum absolute atomic E-state index is 12.1. The van der Waals surface area contributed by atoms with E-state index in [4.69, 9.17) is 4.74 Å². The molecular weight excluding hydrogens is 392 g/mol. The van der Waals surface area contributed by atoms with Crippen molar-refractivity contribution in [2.24, 2.45) is 5.92 Å². The predicted octanol–water partition coefficient (Wildman–Crippen LogP) is 4.91.